The lowest BCUT2D eigenvalue weighted by Gasteiger charge is -2.13. The third kappa shape index (κ3) is 9.67. The van der Waals surface area contributed by atoms with Gasteiger partial charge < -0.3 is 5.32 Å². The molecule has 0 aliphatic heterocycles. The van der Waals surface area contributed by atoms with Gasteiger partial charge in [0.25, 0.3) is 0 Å². The van der Waals surface area contributed by atoms with Crippen molar-refractivity contribution in [2.24, 2.45) is 5.16 Å². The Hall–Kier alpha value is -0.420. The number of carbonyl (C=O) groups excluding carboxylic acids is 1. The van der Waals surface area contributed by atoms with Crippen molar-refractivity contribution in [3.8, 4) is 0 Å². The molecule has 0 bridgehead atoms. The van der Waals surface area contributed by atoms with E-state index in [9.17, 15) is 4.79 Å². The Bertz CT molecular complexity index is 186. The lowest BCUT2D eigenvalue weighted by atomic mass is 10.2. The second kappa shape index (κ2) is 9.15. The van der Waals surface area contributed by atoms with Gasteiger partial charge in [-0.05, 0) is 20.1 Å². The molecule has 0 atom stereocenters. The molecule has 14 heavy (non-hydrogen) atoms. The molecular weight excluding hydrogens is 224 g/mol. The first-order valence-corrected chi connectivity index (χ1v) is 5.86. The molecule has 0 aromatic heterocycles. The second-order valence-corrected chi connectivity index (χ2v) is 4.13. The zero-order chi connectivity index (χ0) is 11.6. The average molecular weight is 241 g/mol. The fourth-order valence-electron chi connectivity index (χ4n) is 0.299. The van der Waals surface area contributed by atoms with Crippen LogP contribution in [0.2, 0.25) is 0 Å². The first-order valence-electron chi connectivity index (χ1n) is 3.88. The lowest BCUT2D eigenvalue weighted by molar-refractivity contribution is 0.153. The van der Waals surface area contributed by atoms with E-state index in [0.29, 0.717) is 0 Å². The van der Waals surface area contributed by atoms with Crippen molar-refractivity contribution in [3.05, 3.63) is 0 Å². The first-order chi connectivity index (χ1) is 6.52. The smallest absolute Gasteiger partial charge is 0.323 e. The molecule has 0 spiro atoms. The molecule has 4 nitrogen and oxygen atoms in total. The van der Waals surface area contributed by atoms with Gasteiger partial charge >= 0.3 is 6.09 Å². The number of rotatable bonds is 3. The minimum Gasteiger partial charge on any atom is -0.323 e. The minimum atomic E-state index is -0.553. The van der Waals surface area contributed by atoms with Crippen molar-refractivity contribution in [3.63, 3.8) is 0 Å². The Balaban J connectivity index is 0. The molecule has 0 aromatic carbocycles. The Morgan fingerprint density at radius 3 is 2.43 bits per heavy atom. The Morgan fingerprint density at radius 2 is 2.07 bits per heavy atom. The van der Waals surface area contributed by atoms with E-state index in [4.69, 9.17) is 0 Å². The van der Waals surface area contributed by atoms with Crippen molar-refractivity contribution in [2.75, 3.05) is 19.7 Å². The van der Waals surface area contributed by atoms with Gasteiger partial charge in [0.2, 0.25) is 0 Å². The molecule has 0 radical (unpaired) electrons. The van der Waals surface area contributed by atoms with Crippen molar-refractivity contribution >= 4 is 35.7 Å². The highest BCUT2D eigenvalue weighted by Gasteiger charge is 2.12. The summed E-state index contributed by atoms with van der Waals surface area (Å²) in [6, 6.07) is 0. The van der Waals surface area contributed by atoms with Crippen molar-refractivity contribution in [1.82, 2.24) is 5.32 Å². The van der Waals surface area contributed by atoms with Crippen molar-refractivity contribution in [2.45, 2.75) is 18.6 Å². The molecule has 84 valence electrons. The number of oxime groups is 1. The third-order valence-electron chi connectivity index (χ3n) is 1.23. The van der Waals surface area contributed by atoms with Gasteiger partial charge in [-0.25, -0.2) is 4.79 Å². The van der Waals surface area contributed by atoms with E-state index in [0.717, 1.165) is 0 Å². The topological polar surface area (TPSA) is 50.7 Å². The number of carbonyl (C=O) groups is 1. The SMILES string of the molecule is CCl.CNC(=O)O/N=C/C(C)(C)SC. The first kappa shape index (κ1) is 16.0. The van der Waals surface area contributed by atoms with E-state index in [1.54, 1.807) is 18.0 Å². The molecule has 6 heteroatoms. The molecule has 0 aliphatic rings. The average Bonchev–Trinajstić information content (AvgIpc) is 2.20. The maximum atomic E-state index is 10.5. The van der Waals surface area contributed by atoms with E-state index in [2.05, 4.69) is 26.9 Å². The van der Waals surface area contributed by atoms with Gasteiger partial charge in [-0.3, -0.25) is 4.84 Å². The largest absolute Gasteiger partial charge is 0.433 e. The summed E-state index contributed by atoms with van der Waals surface area (Å²) in [5.41, 5.74) is 0. The number of thioether (sulfide) groups is 1. The zero-order valence-corrected chi connectivity index (χ0v) is 10.7. The summed E-state index contributed by atoms with van der Waals surface area (Å²) in [6.45, 7) is 3.96. The summed E-state index contributed by atoms with van der Waals surface area (Å²) in [6.07, 6.45) is 4.47. The standard InChI is InChI=1S/C7H14N2O2S.CH3Cl/c1-7(2,12-4)5-9-11-6(10)8-3;1-2/h5H,1-4H3,(H,8,10);1H3/b9-5+;. The second-order valence-electron chi connectivity index (χ2n) is 2.67. The fourth-order valence-corrected chi connectivity index (χ4v) is 0.448. The van der Waals surface area contributed by atoms with Crippen LogP contribution in [0.3, 0.4) is 0 Å². The van der Waals surface area contributed by atoms with Gasteiger partial charge in [0.05, 0.1) is 6.21 Å². The quantitative estimate of drug-likeness (QED) is 0.357. The summed E-state index contributed by atoms with van der Waals surface area (Å²) >= 11 is 6.26. The van der Waals surface area contributed by atoms with Gasteiger partial charge in [-0.1, -0.05) is 5.16 Å². The highest BCUT2D eigenvalue weighted by Crippen LogP contribution is 2.17. The van der Waals surface area contributed by atoms with Gasteiger partial charge in [0, 0.05) is 18.2 Å². The number of nitrogens with one attached hydrogen (secondary N) is 1. The monoisotopic (exact) mass is 240 g/mol. The Morgan fingerprint density at radius 1 is 1.57 bits per heavy atom. The highest BCUT2D eigenvalue weighted by atomic mass is 35.5. The summed E-state index contributed by atoms with van der Waals surface area (Å²) in [4.78, 5) is 15.0. The van der Waals surface area contributed by atoms with Crippen LogP contribution in [0.5, 0.6) is 0 Å². The predicted octanol–water partition coefficient (Wildman–Crippen LogP) is 2.32. The van der Waals surface area contributed by atoms with Crippen LogP contribution in [0.1, 0.15) is 13.8 Å². The lowest BCUT2D eigenvalue weighted by Crippen LogP contribution is -2.19. The molecule has 0 rings (SSSR count). The van der Waals surface area contributed by atoms with Crippen LogP contribution in [0, 0.1) is 0 Å². The maximum absolute atomic E-state index is 10.5. The number of nitrogens with zero attached hydrogens (tertiary/aromatic N) is 1. The highest BCUT2D eigenvalue weighted by molar-refractivity contribution is 8.00. The van der Waals surface area contributed by atoms with E-state index in [1.165, 1.54) is 13.4 Å². The number of hydrogen-bond donors (Lipinski definition) is 1. The number of alkyl halides is 1. The summed E-state index contributed by atoms with van der Waals surface area (Å²) < 4.78 is -0.103. The molecule has 0 aromatic rings. The van der Waals surface area contributed by atoms with Crippen LogP contribution in [-0.4, -0.2) is 36.7 Å². The number of amides is 1. The Labute approximate surface area is 94.4 Å². The van der Waals surface area contributed by atoms with E-state index < -0.39 is 6.09 Å². The van der Waals surface area contributed by atoms with E-state index >= 15 is 0 Å². The van der Waals surface area contributed by atoms with Crippen LogP contribution < -0.4 is 5.32 Å². The number of halogens is 1. The van der Waals surface area contributed by atoms with Crippen LogP contribution in [0.15, 0.2) is 5.16 Å². The zero-order valence-electron chi connectivity index (χ0n) is 9.13. The molecule has 1 N–H and O–H groups in total. The molecular formula is C8H17ClN2O2S. The summed E-state index contributed by atoms with van der Waals surface area (Å²) in [5.74, 6) is 0. The molecule has 1 amide bonds. The van der Waals surface area contributed by atoms with Gasteiger partial charge in [-0.2, -0.15) is 11.8 Å². The van der Waals surface area contributed by atoms with Gasteiger partial charge in [-0.15, -0.1) is 11.6 Å². The molecule has 0 heterocycles. The maximum Gasteiger partial charge on any atom is 0.433 e. The Kier molecular flexibility index (Phi) is 10.5. The van der Waals surface area contributed by atoms with Gasteiger partial charge in [0.1, 0.15) is 0 Å². The molecule has 0 fully saturated rings. The predicted molar refractivity (Wildman–Crippen MR) is 63.4 cm³/mol. The molecule has 0 saturated carbocycles. The van der Waals surface area contributed by atoms with Crippen LogP contribution >= 0.6 is 23.4 Å². The van der Waals surface area contributed by atoms with Gasteiger partial charge in [0.15, 0.2) is 0 Å². The fraction of sp³-hybridized carbons (Fsp3) is 0.750. The van der Waals surface area contributed by atoms with Crippen LogP contribution in [0.25, 0.3) is 0 Å². The van der Waals surface area contributed by atoms with Crippen LogP contribution in [0.4, 0.5) is 4.79 Å². The van der Waals surface area contributed by atoms with Crippen molar-refractivity contribution < 1.29 is 9.63 Å². The normalized spacial score (nSPS) is 10.4. The van der Waals surface area contributed by atoms with Crippen molar-refractivity contribution in [1.29, 1.82) is 0 Å². The third-order valence-corrected chi connectivity index (χ3v) is 2.39. The molecule has 0 unspecified atom stereocenters. The summed E-state index contributed by atoms with van der Waals surface area (Å²) in [7, 11) is 1.48. The van der Waals surface area contributed by atoms with E-state index in [-0.39, 0.29) is 4.75 Å². The van der Waals surface area contributed by atoms with Crippen LogP contribution in [-0.2, 0) is 4.84 Å². The molecule has 0 aliphatic carbocycles. The van der Waals surface area contributed by atoms with E-state index in [1.807, 2.05) is 20.1 Å². The minimum absolute atomic E-state index is 0.103. The number of hydrogen-bond acceptors (Lipinski definition) is 4. The summed E-state index contributed by atoms with van der Waals surface area (Å²) in [5, 5.41) is 5.81. The molecule has 0 saturated heterocycles.